The van der Waals surface area contributed by atoms with Gasteiger partial charge in [-0.15, -0.1) is 0 Å². The minimum atomic E-state index is -1.35. The van der Waals surface area contributed by atoms with Crippen molar-refractivity contribution < 1.29 is 24.9 Å². The fourth-order valence-corrected chi connectivity index (χ4v) is 0.658. The molecule has 0 aromatic rings. The average molecular weight is 217 g/mol. The van der Waals surface area contributed by atoms with Crippen molar-refractivity contribution in [1.82, 2.24) is 0 Å². The Kier molecular flexibility index (Phi) is 4.44. The summed E-state index contributed by atoms with van der Waals surface area (Å²) < 4.78 is 8.58. The Morgan fingerprint density at radius 3 is 1.78 bits per heavy atom. The molecule has 0 aliphatic heterocycles. The first-order valence-corrected chi connectivity index (χ1v) is 3.49. The van der Waals surface area contributed by atoms with E-state index in [4.69, 9.17) is 23.2 Å². The van der Waals surface area contributed by atoms with Crippen LogP contribution in [0.4, 0.5) is 0 Å². The van der Waals surface area contributed by atoms with Crippen molar-refractivity contribution in [3.05, 3.63) is 0 Å². The molecule has 1 atom stereocenters. The molecule has 0 fully saturated rings. The fraction of sp³-hybridized carbons (Fsp3) is 1.00. The van der Waals surface area contributed by atoms with E-state index in [1.54, 1.807) is 0 Å². The molecule has 0 spiro atoms. The van der Waals surface area contributed by atoms with Gasteiger partial charge in [0.2, 0.25) is 0 Å². The van der Waals surface area contributed by atoms with Gasteiger partial charge in [-0.3, -0.25) is 0 Å². The molecular formula is C4H7Cl2NiO2. The maximum absolute atomic E-state index is 5.57. The molecule has 0 radical (unpaired) electrons. The first kappa shape index (κ1) is 9.99. The van der Waals surface area contributed by atoms with Gasteiger partial charge in [0, 0.05) is 0 Å². The molecule has 0 heterocycles. The maximum atomic E-state index is 5.57. The van der Waals surface area contributed by atoms with Crippen molar-refractivity contribution in [2.45, 2.75) is 9.59 Å². The molecule has 0 aromatic carbocycles. The van der Waals surface area contributed by atoms with Crippen LogP contribution in [0, 0.1) is 0 Å². The van der Waals surface area contributed by atoms with E-state index >= 15 is 0 Å². The van der Waals surface area contributed by atoms with Crippen LogP contribution in [0.25, 0.3) is 0 Å². The Morgan fingerprint density at radius 2 is 1.78 bits per heavy atom. The second-order valence-corrected chi connectivity index (χ2v) is 3.07. The van der Waals surface area contributed by atoms with Crippen molar-refractivity contribution in [1.29, 1.82) is 0 Å². The van der Waals surface area contributed by atoms with Crippen LogP contribution in [0.2, 0.25) is 0 Å². The summed E-state index contributed by atoms with van der Waals surface area (Å²) in [6, 6.07) is 0. The van der Waals surface area contributed by atoms with Crippen LogP contribution < -0.4 is 0 Å². The van der Waals surface area contributed by atoms with E-state index in [0.717, 1.165) is 0 Å². The number of halogens is 2. The molecule has 0 saturated heterocycles. The van der Waals surface area contributed by atoms with Gasteiger partial charge in [-0.05, 0) is 0 Å². The molecule has 59 valence electrons. The van der Waals surface area contributed by atoms with Crippen molar-refractivity contribution in [3.8, 4) is 0 Å². The van der Waals surface area contributed by atoms with Crippen molar-refractivity contribution in [2.24, 2.45) is 0 Å². The molecule has 0 bridgehead atoms. The SMILES string of the molecule is COC(Cl)(OC)[CH](Cl)[Ni]. The second-order valence-electron chi connectivity index (χ2n) is 1.26. The zero-order chi connectivity index (χ0) is 7.49. The Hall–Kier alpha value is 0.994. The van der Waals surface area contributed by atoms with Gasteiger partial charge in [0.05, 0.1) is 0 Å². The molecule has 0 saturated carbocycles. The van der Waals surface area contributed by atoms with Gasteiger partial charge in [0.25, 0.3) is 0 Å². The number of ether oxygens (including phenoxy) is 2. The fourth-order valence-electron chi connectivity index (χ4n) is 0.247. The van der Waals surface area contributed by atoms with E-state index in [-0.39, 0.29) is 0 Å². The zero-order valence-corrected chi connectivity index (χ0v) is 7.47. The van der Waals surface area contributed by atoms with Gasteiger partial charge >= 0.3 is 72.0 Å². The predicted molar refractivity (Wildman–Crippen MR) is 32.2 cm³/mol. The van der Waals surface area contributed by atoms with E-state index in [9.17, 15) is 0 Å². The Morgan fingerprint density at radius 1 is 1.44 bits per heavy atom. The van der Waals surface area contributed by atoms with E-state index in [1.807, 2.05) is 0 Å². The Labute approximate surface area is 72.2 Å². The van der Waals surface area contributed by atoms with E-state index in [1.165, 1.54) is 14.2 Å². The summed E-state index contributed by atoms with van der Waals surface area (Å²) in [5.74, 6) is 0. The monoisotopic (exact) mass is 215 g/mol. The third-order valence-electron chi connectivity index (χ3n) is 0.796. The van der Waals surface area contributed by atoms with Gasteiger partial charge in [0.15, 0.2) is 0 Å². The number of hydrogen-bond donors (Lipinski definition) is 0. The quantitative estimate of drug-likeness (QED) is 0.402. The van der Waals surface area contributed by atoms with Crippen LogP contribution in [-0.2, 0) is 24.9 Å². The van der Waals surface area contributed by atoms with Crippen LogP contribution in [-0.4, -0.2) is 23.8 Å². The summed E-state index contributed by atoms with van der Waals surface area (Å²) in [4.78, 5) is 0. The topological polar surface area (TPSA) is 18.5 Å². The summed E-state index contributed by atoms with van der Waals surface area (Å²) >= 11 is 15.3. The Balaban J connectivity index is 3.92. The molecule has 0 N–H and O–H groups in total. The van der Waals surface area contributed by atoms with Crippen LogP contribution in [0.5, 0.6) is 0 Å². The first-order chi connectivity index (χ1) is 4.06. The van der Waals surface area contributed by atoms with Gasteiger partial charge in [-0.25, -0.2) is 0 Å². The van der Waals surface area contributed by atoms with Gasteiger partial charge in [-0.2, -0.15) is 0 Å². The van der Waals surface area contributed by atoms with Gasteiger partial charge < -0.3 is 0 Å². The summed E-state index contributed by atoms with van der Waals surface area (Å²) in [6.07, 6.45) is 0. The molecular weight excluding hydrogens is 210 g/mol. The third kappa shape index (κ3) is 2.61. The number of hydrogen-bond acceptors (Lipinski definition) is 2. The molecule has 5 heteroatoms. The summed E-state index contributed by atoms with van der Waals surface area (Å²) in [5.41, 5.74) is 0. The van der Waals surface area contributed by atoms with Crippen LogP contribution in [0.3, 0.4) is 0 Å². The molecule has 0 amide bonds. The molecule has 0 aliphatic carbocycles. The molecule has 0 aromatic heterocycles. The minimum absolute atomic E-state index is 0.755. The molecule has 9 heavy (non-hydrogen) atoms. The van der Waals surface area contributed by atoms with Crippen LogP contribution in [0.15, 0.2) is 0 Å². The molecule has 0 aliphatic rings. The normalized spacial score (nSPS) is 15.8. The van der Waals surface area contributed by atoms with Crippen molar-refractivity contribution >= 4 is 23.2 Å². The van der Waals surface area contributed by atoms with Crippen molar-refractivity contribution in [2.75, 3.05) is 14.2 Å². The molecule has 1 unspecified atom stereocenters. The van der Waals surface area contributed by atoms with E-state index in [0.29, 0.717) is 0 Å². The molecule has 2 nitrogen and oxygen atoms in total. The molecule has 0 rings (SSSR count). The summed E-state index contributed by atoms with van der Waals surface area (Å²) in [5, 5.41) is -1.35. The first-order valence-electron chi connectivity index (χ1n) is 2.10. The number of rotatable bonds is 3. The zero-order valence-electron chi connectivity index (χ0n) is 4.97. The third-order valence-corrected chi connectivity index (χ3v) is 2.24. The van der Waals surface area contributed by atoms with Gasteiger partial charge in [-0.1, -0.05) is 0 Å². The van der Waals surface area contributed by atoms with Crippen LogP contribution in [0.1, 0.15) is 0 Å². The number of alkyl halides is 2. The van der Waals surface area contributed by atoms with Gasteiger partial charge in [0.1, 0.15) is 0 Å². The van der Waals surface area contributed by atoms with E-state index in [2.05, 4.69) is 24.9 Å². The summed E-state index contributed by atoms with van der Waals surface area (Å²) in [7, 11) is 2.76. The number of methoxy groups -OCH3 is 2. The van der Waals surface area contributed by atoms with E-state index < -0.39 is 9.59 Å². The van der Waals surface area contributed by atoms with Crippen molar-refractivity contribution in [3.63, 3.8) is 0 Å². The van der Waals surface area contributed by atoms with Crippen LogP contribution >= 0.6 is 23.2 Å². The summed E-state index contributed by atoms with van der Waals surface area (Å²) in [6.45, 7) is 0. The standard InChI is InChI=1S/C4H7Cl2O2.Ni/c1-7-4(6,3-5)8-2;/h3H,1-2H3;. The second kappa shape index (κ2) is 3.99. The Bertz CT molecular complexity index is 84.6. The average Bonchev–Trinajstić information content (AvgIpc) is 1.86. The predicted octanol–water partition coefficient (Wildman–Crippen LogP) is 1.28.